The minimum Gasteiger partial charge on any atom is -0.462 e. The Morgan fingerprint density at radius 3 is 0.794 bits per heavy atom. The number of hydrogen-bond acceptors (Lipinski definition) is 15. The number of phosphoric ester groups is 2. The molecule has 0 aliphatic rings. The van der Waals surface area contributed by atoms with E-state index < -0.39 is 97.5 Å². The molecule has 0 aromatic rings. The topological polar surface area (TPSA) is 237 Å². The van der Waals surface area contributed by atoms with Gasteiger partial charge in [-0.25, -0.2) is 9.13 Å². The first kappa shape index (κ1) is 97.2. The van der Waals surface area contributed by atoms with Crippen molar-refractivity contribution in [2.24, 2.45) is 0 Å². The molecule has 0 spiro atoms. The molecule has 0 saturated carbocycles. The van der Waals surface area contributed by atoms with Crippen LogP contribution in [0.25, 0.3) is 0 Å². The number of esters is 4. The van der Waals surface area contributed by atoms with Gasteiger partial charge < -0.3 is 33.8 Å². The first-order chi connectivity index (χ1) is 49.7. The number of carbonyl (C=O) groups excluding carboxylic acids is 4. The van der Waals surface area contributed by atoms with E-state index in [9.17, 15) is 43.2 Å². The van der Waals surface area contributed by atoms with E-state index in [4.69, 9.17) is 37.0 Å². The highest BCUT2D eigenvalue weighted by Crippen LogP contribution is 2.45. The van der Waals surface area contributed by atoms with Gasteiger partial charge in [0.25, 0.3) is 0 Å². The zero-order chi connectivity index (χ0) is 74.6. The van der Waals surface area contributed by atoms with Gasteiger partial charge in [-0.1, -0.05) is 258 Å². The van der Waals surface area contributed by atoms with E-state index in [0.29, 0.717) is 38.5 Å². The number of unbranched alkanes of at least 4 members (excludes halogenated alkanes) is 25. The molecule has 0 aromatic heterocycles. The molecule has 0 bridgehead atoms. The molecule has 0 aliphatic carbocycles. The number of ether oxygens (including phenoxy) is 4. The predicted octanol–water partition coefficient (Wildman–Crippen LogP) is 22.9. The van der Waals surface area contributed by atoms with E-state index in [0.717, 1.165) is 135 Å². The lowest BCUT2D eigenvalue weighted by Gasteiger charge is -2.21. The van der Waals surface area contributed by atoms with Crippen molar-refractivity contribution in [2.45, 2.75) is 329 Å². The first-order valence-electron chi connectivity index (χ1n) is 39.4. The summed E-state index contributed by atoms with van der Waals surface area (Å²) < 4.78 is 68.4. The lowest BCUT2D eigenvalue weighted by Crippen LogP contribution is -2.30. The summed E-state index contributed by atoms with van der Waals surface area (Å²) in [5.41, 5.74) is 0. The van der Waals surface area contributed by atoms with Gasteiger partial charge in [-0.3, -0.25) is 37.3 Å². The van der Waals surface area contributed by atoms with E-state index in [-0.39, 0.29) is 25.7 Å². The Morgan fingerprint density at radius 2 is 0.490 bits per heavy atom. The number of carbonyl (C=O) groups is 4. The average molecular weight is 1470 g/mol. The van der Waals surface area contributed by atoms with Crippen LogP contribution in [0.3, 0.4) is 0 Å². The molecule has 3 N–H and O–H groups in total. The molecule has 0 amide bonds. The second-order valence-corrected chi connectivity index (χ2v) is 28.8. The fraction of sp³-hybridized carbons (Fsp3) is 0.687. The lowest BCUT2D eigenvalue weighted by atomic mass is 10.1. The van der Waals surface area contributed by atoms with Crippen LogP contribution in [0, 0.1) is 0 Å². The SMILES string of the molecule is CCCCC/C=C\C/C=C\C/C=C\C/C=C\CCCC(=O)OC[C@H](COP(=O)(O)OC[C@@H](O)COP(=O)(O)OC[C@@H](COC(=O)CCC/C=C\C/C=C\C/C=C\C/C=C\CCCCC)OC(=O)CCCCCCC/C=C\CCCCCC)OC(=O)CCCCCCC/C=C\C/C=C\CCCCC. The molecule has 0 rings (SSSR count). The molecule has 0 fully saturated rings. The third-order valence-corrected chi connectivity index (χ3v) is 18.0. The first-order valence-corrected chi connectivity index (χ1v) is 42.4. The fourth-order valence-electron chi connectivity index (χ4n) is 9.99. The van der Waals surface area contributed by atoms with Crippen LogP contribution in [0.1, 0.15) is 310 Å². The molecular formula is C83H140O17P2. The summed E-state index contributed by atoms with van der Waals surface area (Å²) in [6, 6.07) is 0. The Labute approximate surface area is 618 Å². The maximum absolute atomic E-state index is 13.1. The average Bonchev–Trinajstić information content (AvgIpc) is 0.939. The van der Waals surface area contributed by atoms with Crippen LogP contribution in [-0.2, 0) is 65.4 Å². The standard InChI is InChI=1S/C83H140O17P2/c1-5-9-13-17-21-25-29-33-36-38-41-44-47-51-55-59-63-67-80(85)93-73-78(99-82(87)69-65-61-57-53-49-43-32-28-24-20-16-12-8-4)75-97-101(89,90)95-71-77(84)72-96-102(91,92)98-76-79(100-83(88)70-66-62-58-54-50-46-40-35-31-27-23-19-15-11-7-3)74-94-81(86)68-64-60-56-52-48-45-42-39-37-34-30-26-22-18-14-10-6-2/h21-23,25-28,32-37,40-42,44-45,51-52,55-56,77-79,84H,5-20,24,29-31,38-39,43,46-50,53-54,57-76H2,1-4H3,(H,89,90)(H,91,92)/b25-21-,26-22-,27-23-,32-28-,36-33-,37-34-,40-35-,44-41-,45-42-,55-51-,56-52-/t77-,78+,79+/m0/s1. The Balaban J connectivity index is 5.46. The third kappa shape index (κ3) is 73.5. The summed E-state index contributed by atoms with van der Waals surface area (Å²) in [5, 5.41) is 10.6. The normalized spacial score (nSPS) is 14.6. The van der Waals surface area contributed by atoms with Crippen molar-refractivity contribution in [3.63, 3.8) is 0 Å². The molecule has 0 heterocycles. The number of phosphoric acid groups is 2. The largest absolute Gasteiger partial charge is 0.472 e. The van der Waals surface area contributed by atoms with Gasteiger partial charge >= 0.3 is 39.5 Å². The van der Waals surface area contributed by atoms with E-state index in [1.165, 1.54) is 83.5 Å². The molecule has 102 heavy (non-hydrogen) atoms. The van der Waals surface area contributed by atoms with Gasteiger partial charge in [0.15, 0.2) is 12.2 Å². The van der Waals surface area contributed by atoms with Crippen LogP contribution in [0.5, 0.6) is 0 Å². The van der Waals surface area contributed by atoms with Crippen LogP contribution in [0.15, 0.2) is 134 Å². The Bertz CT molecular complexity index is 2460. The summed E-state index contributed by atoms with van der Waals surface area (Å²) in [6.07, 6.45) is 83.0. The smallest absolute Gasteiger partial charge is 0.462 e. The van der Waals surface area contributed by atoms with Gasteiger partial charge in [-0.2, -0.15) is 0 Å². The maximum Gasteiger partial charge on any atom is 0.472 e. The van der Waals surface area contributed by atoms with E-state index >= 15 is 0 Å². The Hall–Kier alpha value is -4.80. The van der Waals surface area contributed by atoms with Crippen molar-refractivity contribution < 1.29 is 80.2 Å². The van der Waals surface area contributed by atoms with Crippen molar-refractivity contribution in [2.75, 3.05) is 39.6 Å². The molecule has 0 aromatic carbocycles. The van der Waals surface area contributed by atoms with Gasteiger partial charge in [0.05, 0.1) is 26.4 Å². The lowest BCUT2D eigenvalue weighted by molar-refractivity contribution is -0.161. The number of allylic oxidation sites excluding steroid dienone is 22. The molecular weight excluding hydrogens is 1330 g/mol. The van der Waals surface area contributed by atoms with E-state index in [1.54, 1.807) is 0 Å². The molecule has 0 aliphatic heterocycles. The van der Waals surface area contributed by atoms with Crippen molar-refractivity contribution in [1.29, 1.82) is 0 Å². The second-order valence-electron chi connectivity index (χ2n) is 25.9. The van der Waals surface area contributed by atoms with Crippen molar-refractivity contribution in [3.05, 3.63) is 134 Å². The quantitative estimate of drug-likeness (QED) is 0.0169. The fourth-order valence-corrected chi connectivity index (χ4v) is 11.6. The Kier molecular flexibility index (Phi) is 71.0. The van der Waals surface area contributed by atoms with Gasteiger partial charge in [-0.05, 0) is 161 Å². The van der Waals surface area contributed by atoms with Gasteiger partial charge in [0, 0.05) is 25.7 Å². The molecule has 0 saturated heterocycles. The Morgan fingerprint density at radius 1 is 0.275 bits per heavy atom. The van der Waals surface area contributed by atoms with E-state index in [1.807, 2.05) is 24.3 Å². The molecule has 19 heteroatoms. The summed E-state index contributed by atoms with van der Waals surface area (Å²) in [4.78, 5) is 72.9. The van der Waals surface area contributed by atoms with Gasteiger partial charge in [0.1, 0.15) is 19.3 Å². The minimum atomic E-state index is -5.00. The van der Waals surface area contributed by atoms with Crippen LogP contribution < -0.4 is 0 Å². The number of rotatable bonds is 73. The monoisotopic (exact) mass is 1470 g/mol. The van der Waals surface area contributed by atoms with Crippen molar-refractivity contribution in [3.8, 4) is 0 Å². The van der Waals surface area contributed by atoms with Crippen LogP contribution in [-0.4, -0.2) is 96.7 Å². The predicted molar refractivity (Wildman–Crippen MR) is 418 cm³/mol. The van der Waals surface area contributed by atoms with Crippen LogP contribution >= 0.6 is 15.6 Å². The highest BCUT2D eigenvalue weighted by atomic mass is 31.2. The summed E-state index contributed by atoms with van der Waals surface area (Å²) in [7, 11) is -9.99. The minimum absolute atomic E-state index is 0.0630. The molecule has 584 valence electrons. The van der Waals surface area contributed by atoms with Gasteiger partial charge in [-0.15, -0.1) is 0 Å². The number of aliphatic hydroxyl groups excluding tert-OH is 1. The number of aliphatic hydroxyl groups is 1. The number of hydrogen-bond donors (Lipinski definition) is 3. The highest BCUT2D eigenvalue weighted by Gasteiger charge is 2.30. The van der Waals surface area contributed by atoms with E-state index in [2.05, 4.69) is 137 Å². The maximum atomic E-state index is 13.1. The van der Waals surface area contributed by atoms with Crippen molar-refractivity contribution >= 4 is 39.5 Å². The zero-order valence-corrected chi connectivity index (χ0v) is 65.5. The van der Waals surface area contributed by atoms with Gasteiger partial charge in [0.2, 0.25) is 0 Å². The molecule has 5 atom stereocenters. The van der Waals surface area contributed by atoms with Crippen molar-refractivity contribution in [1.82, 2.24) is 0 Å². The zero-order valence-electron chi connectivity index (χ0n) is 63.7. The molecule has 2 unspecified atom stereocenters. The molecule has 17 nitrogen and oxygen atoms in total. The summed E-state index contributed by atoms with van der Waals surface area (Å²) in [5.74, 6) is -2.33. The molecule has 0 radical (unpaired) electrons. The second kappa shape index (κ2) is 74.5. The summed E-state index contributed by atoms with van der Waals surface area (Å²) >= 11 is 0. The van der Waals surface area contributed by atoms with Crippen LogP contribution in [0.4, 0.5) is 0 Å². The summed E-state index contributed by atoms with van der Waals surface area (Å²) in [6.45, 7) is 4.63. The van der Waals surface area contributed by atoms with Crippen LogP contribution in [0.2, 0.25) is 0 Å². The third-order valence-electron chi connectivity index (χ3n) is 16.1. The highest BCUT2D eigenvalue weighted by molar-refractivity contribution is 7.47.